The third-order valence-electron chi connectivity index (χ3n) is 7.89. The van der Waals surface area contributed by atoms with Crippen LogP contribution in [0.4, 0.5) is 11.4 Å². The lowest BCUT2D eigenvalue weighted by molar-refractivity contribution is -0.148. The first kappa shape index (κ1) is 31.7. The van der Waals surface area contributed by atoms with Gasteiger partial charge in [-0.05, 0) is 61.7 Å². The molecule has 0 spiro atoms. The highest BCUT2D eigenvalue weighted by molar-refractivity contribution is 7.80. The van der Waals surface area contributed by atoms with Crippen LogP contribution in [-0.2, 0) is 36.8 Å². The molecule has 2 aliphatic rings. The number of fused-ring (bicyclic) bond motifs is 2. The molecule has 1 fully saturated rings. The fraction of sp³-hybridized carbons (Fsp3) is 0.433. The fourth-order valence-electron chi connectivity index (χ4n) is 5.84. The number of nitrogens with one attached hydrogen (secondary N) is 1. The molecule has 0 saturated carbocycles. The van der Waals surface area contributed by atoms with E-state index in [1.807, 2.05) is 33.5 Å². The van der Waals surface area contributed by atoms with Gasteiger partial charge >= 0.3 is 5.97 Å². The Hall–Kier alpha value is -3.27. The molecule has 2 N–H and O–H groups in total. The lowest BCUT2D eigenvalue weighted by Gasteiger charge is -2.30. The van der Waals surface area contributed by atoms with E-state index in [0.717, 1.165) is 29.1 Å². The maximum absolute atomic E-state index is 13.3. The third kappa shape index (κ3) is 7.19. The molecule has 12 heteroatoms. The summed E-state index contributed by atoms with van der Waals surface area (Å²) in [4.78, 5) is 67.0. The summed E-state index contributed by atoms with van der Waals surface area (Å²) in [6.07, 6.45) is 2.54. The summed E-state index contributed by atoms with van der Waals surface area (Å²) in [7, 11) is 3.53. The lowest BCUT2D eigenvalue weighted by atomic mass is 9.95. The first-order valence-electron chi connectivity index (χ1n) is 14.0. The molecule has 0 radical (unpaired) electrons. The van der Waals surface area contributed by atoms with E-state index in [1.165, 1.54) is 16.0 Å². The van der Waals surface area contributed by atoms with Crippen molar-refractivity contribution in [1.29, 1.82) is 0 Å². The van der Waals surface area contributed by atoms with Gasteiger partial charge in [-0.25, -0.2) is 4.79 Å². The number of imide groups is 1. The van der Waals surface area contributed by atoms with Crippen LogP contribution in [0.3, 0.4) is 0 Å². The summed E-state index contributed by atoms with van der Waals surface area (Å²) in [6.45, 7) is 0.595. The molecule has 2 aromatic carbocycles. The minimum atomic E-state index is -1.49. The zero-order valence-corrected chi connectivity index (χ0v) is 25.6. The predicted molar refractivity (Wildman–Crippen MR) is 166 cm³/mol. The minimum absolute atomic E-state index is 0.165. The topological polar surface area (TPSA) is 127 Å². The van der Waals surface area contributed by atoms with Crippen molar-refractivity contribution in [2.24, 2.45) is 5.92 Å². The number of likely N-dealkylation sites (N-methyl/N-ethyl adjacent to an activating group) is 1. The highest BCUT2D eigenvalue weighted by atomic mass is 32.1. The summed E-state index contributed by atoms with van der Waals surface area (Å²) in [5, 5.41) is 12.7. The van der Waals surface area contributed by atoms with Crippen LogP contribution < -0.4 is 10.2 Å². The summed E-state index contributed by atoms with van der Waals surface area (Å²) in [5.41, 5.74) is 4.34. The lowest BCUT2D eigenvalue weighted by Crippen LogP contribution is -2.55. The Morgan fingerprint density at radius 2 is 1.64 bits per heavy atom. The van der Waals surface area contributed by atoms with Gasteiger partial charge in [0.2, 0.25) is 17.7 Å². The van der Waals surface area contributed by atoms with Crippen LogP contribution in [0.1, 0.15) is 30.4 Å². The van der Waals surface area contributed by atoms with Crippen molar-refractivity contribution in [2.75, 3.05) is 37.3 Å². The van der Waals surface area contributed by atoms with Crippen molar-refractivity contribution >= 4 is 62.5 Å². The van der Waals surface area contributed by atoms with Crippen LogP contribution >= 0.6 is 21.9 Å². The summed E-state index contributed by atoms with van der Waals surface area (Å²) in [6, 6.07) is 14.3. The van der Waals surface area contributed by atoms with Gasteiger partial charge in [-0.2, -0.15) is 12.6 Å². The van der Waals surface area contributed by atoms with Gasteiger partial charge in [-0.1, -0.05) is 45.6 Å². The Morgan fingerprint density at radius 1 is 1.05 bits per heavy atom. The van der Waals surface area contributed by atoms with Crippen LogP contribution in [-0.4, -0.2) is 88.6 Å². The van der Waals surface area contributed by atoms with E-state index in [4.69, 9.17) is 0 Å². The number of hydrogen-bond donors (Lipinski definition) is 3. The number of carboxylic acids is 1. The number of aryl methyl sites for hydroxylation is 2. The van der Waals surface area contributed by atoms with E-state index in [1.54, 1.807) is 7.05 Å². The zero-order chi connectivity index (χ0) is 30.4. The Balaban J connectivity index is 1.44. The van der Waals surface area contributed by atoms with Gasteiger partial charge in [0.15, 0.2) is 11.6 Å². The summed E-state index contributed by atoms with van der Waals surface area (Å²) < 4.78 is 0. The number of anilines is 2. The fourth-order valence-corrected chi connectivity index (χ4v) is 6.30. The second-order valence-corrected chi connectivity index (χ2v) is 11.8. The number of benzene rings is 2. The maximum Gasteiger partial charge on any atom is 0.330 e. The van der Waals surface area contributed by atoms with Crippen molar-refractivity contribution < 1.29 is 29.1 Å². The predicted octanol–water partition coefficient (Wildman–Crippen LogP) is 2.28. The molecule has 4 atom stereocenters. The zero-order valence-electron chi connectivity index (χ0n) is 23.6. The SMILES string of the molecule is CN(CCCN1c2ccccc2CCc2ccccc21)C(C(=O)O)C(=O)NC(CCS)C1CC(=O)N(CC(=O)P)C1=O. The average molecular weight is 613 g/mol. The molecule has 10 nitrogen and oxygen atoms in total. The largest absolute Gasteiger partial charge is 0.480 e. The van der Waals surface area contributed by atoms with E-state index in [9.17, 15) is 29.1 Å². The van der Waals surface area contributed by atoms with Gasteiger partial charge in [0.1, 0.15) is 0 Å². The highest BCUT2D eigenvalue weighted by Gasteiger charge is 2.44. The number of carboxylic acid groups (broad SMARTS) is 1. The van der Waals surface area contributed by atoms with E-state index < -0.39 is 47.2 Å². The van der Waals surface area contributed by atoms with Crippen molar-refractivity contribution in [2.45, 2.75) is 44.2 Å². The van der Waals surface area contributed by atoms with Gasteiger partial charge in [0, 0.05) is 36.9 Å². The second-order valence-electron chi connectivity index (χ2n) is 10.7. The van der Waals surface area contributed by atoms with Crippen molar-refractivity contribution in [3.05, 3.63) is 59.7 Å². The first-order valence-corrected chi connectivity index (χ1v) is 15.2. The Bertz CT molecular complexity index is 1310. The molecule has 0 aliphatic carbocycles. The van der Waals surface area contributed by atoms with E-state index in [2.05, 4.69) is 47.1 Å². The molecule has 3 amide bonds. The number of amides is 3. The molecule has 224 valence electrons. The molecule has 1 saturated heterocycles. The molecular formula is C30H37N4O6PS. The number of thiol groups is 1. The van der Waals surface area contributed by atoms with Gasteiger partial charge in [-0.3, -0.25) is 29.0 Å². The van der Waals surface area contributed by atoms with Gasteiger partial charge in [0.05, 0.1) is 12.5 Å². The molecule has 42 heavy (non-hydrogen) atoms. The Kier molecular flexibility index (Phi) is 10.8. The standard InChI is InChI=1S/C30H37N4O6PS/c1-32(14-6-15-33-23-9-4-2-7-19(23)11-12-20-8-3-5-10-24(20)33)27(30(39)40)28(37)31-22(13-16-42)21-17-25(35)34(29(21)38)18-26(36)41/h2-5,7-10,21-22,27,42H,6,11-18,41H2,1H3,(H,31,37)(H,39,40). The number of likely N-dealkylation sites (tertiary alicyclic amines) is 1. The molecule has 2 heterocycles. The van der Waals surface area contributed by atoms with Gasteiger partial charge in [0.25, 0.3) is 0 Å². The number of para-hydroxylation sites is 2. The molecular weight excluding hydrogens is 575 g/mol. The van der Waals surface area contributed by atoms with E-state index >= 15 is 0 Å². The molecule has 4 rings (SSSR count). The van der Waals surface area contributed by atoms with Gasteiger partial charge < -0.3 is 15.3 Å². The van der Waals surface area contributed by atoms with E-state index in [0.29, 0.717) is 25.3 Å². The maximum atomic E-state index is 13.3. The van der Waals surface area contributed by atoms with Crippen molar-refractivity contribution in [3.63, 3.8) is 0 Å². The minimum Gasteiger partial charge on any atom is -0.480 e. The second kappa shape index (κ2) is 14.3. The smallest absolute Gasteiger partial charge is 0.330 e. The van der Waals surface area contributed by atoms with Crippen LogP contribution in [0, 0.1) is 5.92 Å². The number of rotatable bonds is 13. The molecule has 0 aromatic heterocycles. The normalized spacial score (nSPS) is 17.9. The number of nitrogens with zero attached hydrogens (tertiary/aromatic N) is 3. The quantitative estimate of drug-likeness (QED) is 0.136. The molecule has 2 aromatic rings. The first-order chi connectivity index (χ1) is 20.1. The number of carbonyl (C=O) groups is 5. The number of aliphatic carboxylic acids is 1. The summed E-state index contributed by atoms with van der Waals surface area (Å²) >= 11 is 4.23. The van der Waals surface area contributed by atoms with Crippen LogP contribution in [0.2, 0.25) is 0 Å². The average Bonchev–Trinajstić information content (AvgIpc) is 3.12. The number of carbonyl (C=O) groups excluding carboxylic acids is 4. The van der Waals surface area contributed by atoms with Gasteiger partial charge in [-0.15, -0.1) is 0 Å². The Morgan fingerprint density at radius 3 is 2.19 bits per heavy atom. The van der Waals surface area contributed by atoms with E-state index in [-0.39, 0.29) is 19.4 Å². The molecule has 4 unspecified atom stereocenters. The summed E-state index contributed by atoms with van der Waals surface area (Å²) in [5.74, 6) is -3.71. The van der Waals surface area contributed by atoms with Crippen LogP contribution in [0.5, 0.6) is 0 Å². The van der Waals surface area contributed by atoms with Crippen LogP contribution in [0.25, 0.3) is 0 Å². The molecule has 2 aliphatic heterocycles. The van der Waals surface area contributed by atoms with Crippen molar-refractivity contribution in [3.8, 4) is 0 Å². The molecule has 0 bridgehead atoms. The number of hydrogen-bond acceptors (Lipinski definition) is 8. The Labute approximate surface area is 253 Å². The monoisotopic (exact) mass is 612 g/mol. The highest BCUT2D eigenvalue weighted by Crippen LogP contribution is 2.36. The van der Waals surface area contributed by atoms with Crippen molar-refractivity contribution in [1.82, 2.24) is 15.1 Å². The van der Waals surface area contributed by atoms with Crippen LogP contribution in [0.15, 0.2) is 48.5 Å². The third-order valence-corrected chi connectivity index (χ3v) is 8.33.